The van der Waals surface area contributed by atoms with Crippen molar-refractivity contribution in [3.63, 3.8) is 0 Å². The van der Waals surface area contributed by atoms with Gasteiger partial charge >= 0.3 is 5.97 Å². The summed E-state index contributed by atoms with van der Waals surface area (Å²) in [6.45, 7) is 5.13. The van der Waals surface area contributed by atoms with Crippen molar-refractivity contribution < 1.29 is 24.2 Å². The van der Waals surface area contributed by atoms with Gasteiger partial charge in [-0.25, -0.2) is 20.2 Å². The van der Waals surface area contributed by atoms with E-state index in [0.29, 0.717) is 16.5 Å². The quantitative estimate of drug-likeness (QED) is 0.275. The number of hydrogen-bond donors (Lipinski definition) is 2. The molecule has 0 unspecified atom stereocenters. The normalized spacial score (nSPS) is 11.9. The minimum absolute atomic E-state index is 0.0950. The first-order chi connectivity index (χ1) is 13.8. The summed E-state index contributed by atoms with van der Waals surface area (Å²) in [6.07, 6.45) is 0.282. The van der Waals surface area contributed by atoms with Crippen LogP contribution in [0.25, 0.3) is 0 Å². The number of hydrogen-bond acceptors (Lipinski definition) is 8. The lowest BCUT2D eigenvalue weighted by Crippen LogP contribution is -2.24. The number of aliphatic carboxylic acids is 1. The molecule has 0 spiro atoms. The number of ether oxygens (including phenoxy) is 2. The van der Waals surface area contributed by atoms with Gasteiger partial charge in [-0.05, 0) is 39.0 Å². The first kappa shape index (κ1) is 22.2. The van der Waals surface area contributed by atoms with Gasteiger partial charge in [-0.1, -0.05) is 17.8 Å². The van der Waals surface area contributed by atoms with Crippen LogP contribution in [0.5, 0.6) is 11.5 Å². The van der Waals surface area contributed by atoms with E-state index in [2.05, 4.69) is 20.5 Å². The summed E-state index contributed by atoms with van der Waals surface area (Å²) in [5.74, 6) is -0.773. The van der Waals surface area contributed by atoms with Crippen LogP contribution in [0.1, 0.15) is 23.9 Å². The molecule has 0 radical (unpaired) electrons. The smallest absolute Gasteiger partial charge is 0.344 e. The van der Waals surface area contributed by atoms with Gasteiger partial charge in [-0.3, -0.25) is 4.79 Å². The van der Waals surface area contributed by atoms with E-state index in [0.717, 1.165) is 11.4 Å². The number of nitrogens with zero attached hydrogens (tertiary/aromatic N) is 3. The van der Waals surface area contributed by atoms with Crippen molar-refractivity contribution >= 4 is 29.9 Å². The molecular formula is C19H22N4O5S. The van der Waals surface area contributed by atoms with E-state index in [1.165, 1.54) is 32.0 Å². The van der Waals surface area contributed by atoms with Crippen LogP contribution in [0.4, 0.5) is 0 Å². The third-order valence-corrected chi connectivity index (χ3v) is 4.41. The Bertz CT molecular complexity index is 899. The van der Waals surface area contributed by atoms with Gasteiger partial charge in [0.05, 0.1) is 19.1 Å². The molecule has 1 aromatic heterocycles. The lowest BCUT2D eigenvalue weighted by molar-refractivity contribution is -0.144. The molecule has 0 bridgehead atoms. The van der Waals surface area contributed by atoms with Gasteiger partial charge in [0.25, 0.3) is 5.91 Å². The molecule has 0 saturated heterocycles. The maximum Gasteiger partial charge on any atom is 0.344 e. The van der Waals surface area contributed by atoms with Crippen LogP contribution in [0.15, 0.2) is 34.5 Å². The van der Waals surface area contributed by atoms with Crippen molar-refractivity contribution in [2.75, 3.05) is 12.9 Å². The fourth-order valence-corrected chi connectivity index (χ4v) is 2.98. The molecule has 0 fully saturated rings. The second-order valence-corrected chi connectivity index (χ2v) is 6.93. The van der Waals surface area contributed by atoms with E-state index in [4.69, 9.17) is 14.6 Å². The minimum atomic E-state index is -1.11. The Balaban J connectivity index is 2.01. The summed E-state index contributed by atoms with van der Waals surface area (Å²) in [6, 6.07) is 6.86. The zero-order chi connectivity index (χ0) is 21.4. The highest BCUT2D eigenvalue weighted by atomic mass is 32.2. The number of hydrazone groups is 1. The number of carbonyl (C=O) groups excluding carboxylic acids is 1. The molecule has 2 rings (SSSR count). The van der Waals surface area contributed by atoms with Gasteiger partial charge in [0.15, 0.2) is 22.8 Å². The van der Waals surface area contributed by atoms with Crippen LogP contribution in [0.2, 0.25) is 0 Å². The summed E-state index contributed by atoms with van der Waals surface area (Å²) < 4.78 is 10.7. The number of benzene rings is 1. The monoisotopic (exact) mass is 418 g/mol. The average molecular weight is 418 g/mol. The molecule has 0 aliphatic rings. The molecule has 2 N–H and O–H groups in total. The molecule has 1 heterocycles. The molecule has 1 atom stereocenters. The number of rotatable bonds is 9. The maximum absolute atomic E-state index is 12.0. The number of carbonyl (C=O) groups is 2. The number of thioether (sulfide) groups is 1. The Labute approximate surface area is 172 Å². The van der Waals surface area contributed by atoms with Crippen LogP contribution in [0.3, 0.4) is 0 Å². The third kappa shape index (κ3) is 6.75. The molecule has 9 nitrogen and oxygen atoms in total. The third-order valence-electron chi connectivity index (χ3n) is 3.56. The van der Waals surface area contributed by atoms with Crippen molar-refractivity contribution in [3.05, 3.63) is 41.2 Å². The highest BCUT2D eigenvalue weighted by Crippen LogP contribution is 2.31. The summed E-state index contributed by atoms with van der Waals surface area (Å²) in [5.41, 5.74) is 4.54. The van der Waals surface area contributed by atoms with Crippen molar-refractivity contribution in [1.82, 2.24) is 15.4 Å². The summed E-state index contributed by atoms with van der Waals surface area (Å²) in [5, 5.41) is 13.5. The fourth-order valence-electron chi connectivity index (χ4n) is 2.24. The molecule has 0 saturated carbocycles. The van der Waals surface area contributed by atoms with Crippen LogP contribution in [-0.4, -0.2) is 52.1 Å². The van der Waals surface area contributed by atoms with E-state index in [1.807, 2.05) is 19.9 Å². The predicted molar refractivity (Wildman–Crippen MR) is 109 cm³/mol. The molecule has 1 amide bonds. The number of aryl methyl sites for hydroxylation is 2. The Morgan fingerprint density at radius 3 is 2.62 bits per heavy atom. The van der Waals surface area contributed by atoms with Gasteiger partial charge in [-0.15, -0.1) is 0 Å². The highest BCUT2D eigenvalue weighted by molar-refractivity contribution is 7.99. The Hall–Kier alpha value is -3.14. The predicted octanol–water partition coefficient (Wildman–Crippen LogP) is 2.20. The van der Waals surface area contributed by atoms with E-state index in [9.17, 15) is 9.59 Å². The molecular weight excluding hydrogens is 396 g/mol. The van der Waals surface area contributed by atoms with Crippen LogP contribution < -0.4 is 14.9 Å². The Kier molecular flexibility index (Phi) is 7.96. The summed E-state index contributed by atoms with van der Waals surface area (Å²) >= 11 is 1.21. The second kappa shape index (κ2) is 10.4. The molecule has 2 aromatic rings. The highest BCUT2D eigenvalue weighted by Gasteiger charge is 2.18. The van der Waals surface area contributed by atoms with Gasteiger partial charge in [-0.2, -0.15) is 5.10 Å². The number of methoxy groups -OCH3 is 1. The second-order valence-electron chi connectivity index (χ2n) is 5.99. The molecule has 10 heteroatoms. The number of aromatic nitrogens is 2. The van der Waals surface area contributed by atoms with Gasteiger partial charge in [0.1, 0.15) is 0 Å². The largest absolute Gasteiger partial charge is 0.493 e. The molecule has 0 aliphatic heterocycles. The summed E-state index contributed by atoms with van der Waals surface area (Å²) in [4.78, 5) is 31.6. The van der Waals surface area contributed by atoms with Gasteiger partial charge < -0.3 is 14.6 Å². The average Bonchev–Trinajstić information content (AvgIpc) is 2.66. The SMILES string of the molecule is COc1cccc(/C=N\NC(=O)CSc2nc(C)cc(C)n2)c1O[C@@H](C)C(=O)O. The molecule has 0 aliphatic carbocycles. The number of amides is 1. The van der Waals surface area contributed by atoms with Crippen molar-refractivity contribution in [2.24, 2.45) is 5.10 Å². The zero-order valence-electron chi connectivity index (χ0n) is 16.5. The summed E-state index contributed by atoms with van der Waals surface area (Å²) in [7, 11) is 1.45. The molecule has 29 heavy (non-hydrogen) atoms. The standard InChI is InChI=1S/C19H22N4O5S/c1-11-8-12(2)22-19(21-11)29-10-16(24)23-20-9-14-6-5-7-15(27-4)17(14)28-13(3)18(25)26/h5-9,13H,10H2,1-4H3,(H,23,24)(H,25,26)/b20-9-/t13-/m0/s1. The lowest BCUT2D eigenvalue weighted by Gasteiger charge is -2.15. The van der Waals surface area contributed by atoms with E-state index < -0.39 is 12.1 Å². The van der Waals surface area contributed by atoms with Crippen LogP contribution in [0, 0.1) is 13.8 Å². The van der Waals surface area contributed by atoms with Crippen LogP contribution in [-0.2, 0) is 9.59 Å². The van der Waals surface area contributed by atoms with Crippen molar-refractivity contribution in [1.29, 1.82) is 0 Å². The van der Waals surface area contributed by atoms with Crippen molar-refractivity contribution in [3.8, 4) is 11.5 Å². The van der Waals surface area contributed by atoms with Gasteiger partial charge in [0.2, 0.25) is 0 Å². The van der Waals surface area contributed by atoms with E-state index in [1.54, 1.807) is 18.2 Å². The minimum Gasteiger partial charge on any atom is -0.493 e. The number of nitrogens with one attached hydrogen (secondary N) is 1. The lowest BCUT2D eigenvalue weighted by atomic mass is 10.2. The first-order valence-electron chi connectivity index (χ1n) is 8.63. The Morgan fingerprint density at radius 2 is 2.00 bits per heavy atom. The van der Waals surface area contributed by atoms with Crippen molar-refractivity contribution in [2.45, 2.75) is 32.0 Å². The number of carboxylic acid groups (broad SMARTS) is 1. The van der Waals surface area contributed by atoms with E-state index in [-0.39, 0.29) is 17.4 Å². The number of para-hydroxylation sites is 1. The zero-order valence-corrected chi connectivity index (χ0v) is 17.3. The first-order valence-corrected chi connectivity index (χ1v) is 9.62. The van der Waals surface area contributed by atoms with Gasteiger partial charge in [0, 0.05) is 17.0 Å². The topological polar surface area (TPSA) is 123 Å². The maximum atomic E-state index is 12.0. The Morgan fingerprint density at radius 1 is 1.31 bits per heavy atom. The number of carboxylic acids is 1. The van der Waals surface area contributed by atoms with E-state index >= 15 is 0 Å². The fraction of sp³-hybridized carbons (Fsp3) is 0.316. The molecule has 154 valence electrons. The van der Waals surface area contributed by atoms with Crippen LogP contribution >= 0.6 is 11.8 Å². The molecule has 1 aromatic carbocycles.